The van der Waals surface area contributed by atoms with Crippen molar-refractivity contribution in [3.8, 4) is 0 Å². The van der Waals surface area contributed by atoms with Gasteiger partial charge >= 0.3 is 0 Å². The zero-order chi connectivity index (χ0) is 18.6. The molecule has 2 aliphatic rings. The summed E-state index contributed by atoms with van der Waals surface area (Å²) in [4.78, 5) is 47.5. The third kappa shape index (κ3) is 4.63. The van der Waals surface area contributed by atoms with Crippen molar-refractivity contribution in [1.82, 2.24) is 9.80 Å². The molecule has 4 amide bonds. The summed E-state index contributed by atoms with van der Waals surface area (Å²) in [6.45, 7) is 12.4. The van der Waals surface area contributed by atoms with Crippen molar-refractivity contribution in [2.75, 3.05) is 13.1 Å². The molecule has 2 heterocycles. The van der Waals surface area contributed by atoms with Gasteiger partial charge in [0, 0.05) is 36.4 Å². The molecule has 0 N–H and O–H groups in total. The van der Waals surface area contributed by atoms with E-state index in [-0.39, 0.29) is 23.6 Å². The second kappa shape index (κ2) is 8.04. The van der Waals surface area contributed by atoms with Gasteiger partial charge in [-0.2, -0.15) is 0 Å². The first-order valence-corrected chi connectivity index (χ1v) is 8.13. The van der Waals surface area contributed by atoms with Gasteiger partial charge in [-0.25, -0.2) is 0 Å². The first-order chi connectivity index (χ1) is 11.1. The van der Waals surface area contributed by atoms with Crippen molar-refractivity contribution in [1.29, 1.82) is 0 Å². The van der Waals surface area contributed by atoms with E-state index in [1.54, 1.807) is 13.8 Å². The van der Waals surface area contributed by atoms with Crippen LogP contribution in [-0.4, -0.2) is 46.5 Å². The fourth-order valence-electron chi connectivity index (χ4n) is 2.33. The lowest BCUT2D eigenvalue weighted by molar-refractivity contribution is -0.139. The minimum absolute atomic E-state index is 0.129. The number of nitrogens with zero attached hydrogens (tertiary/aromatic N) is 2. The fourth-order valence-corrected chi connectivity index (χ4v) is 2.33. The van der Waals surface area contributed by atoms with Crippen LogP contribution in [0.15, 0.2) is 23.3 Å². The highest BCUT2D eigenvalue weighted by Crippen LogP contribution is 2.20. The van der Waals surface area contributed by atoms with Gasteiger partial charge in [0.2, 0.25) is 0 Å². The topological polar surface area (TPSA) is 74.8 Å². The van der Waals surface area contributed by atoms with Crippen LogP contribution in [0.5, 0.6) is 0 Å². The van der Waals surface area contributed by atoms with Crippen molar-refractivity contribution in [2.45, 2.75) is 41.5 Å². The zero-order valence-electron chi connectivity index (χ0n) is 15.3. The first kappa shape index (κ1) is 19.8. The number of imide groups is 2. The Hall–Kier alpha value is -2.24. The fraction of sp³-hybridized carbons (Fsp3) is 0.556. The quantitative estimate of drug-likeness (QED) is 0.736. The Bertz CT molecular complexity index is 573. The highest BCUT2D eigenvalue weighted by atomic mass is 16.2. The minimum Gasteiger partial charge on any atom is -0.275 e. The smallest absolute Gasteiger partial charge is 0.256 e. The lowest BCUT2D eigenvalue weighted by Crippen LogP contribution is -2.34. The second-order valence-electron chi connectivity index (χ2n) is 6.88. The van der Waals surface area contributed by atoms with Crippen LogP contribution in [0.2, 0.25) is 0 Å². The monoisotopic (exact) mass is 334 g/mol. The van der Waals surface area contributed by atoms with E-state index >= 15 is 0 Å². The Morgan fingerprint density at radius 3 is 1.38 bits per heavy atom. The lowest BCUT2D eigenvalue weighted by Gasteiger charge is -2.16. The maximum absolute atomic E-state index is 11.5. The Labute approximate surface area is 143 Å². The van der Waals surface area contributed by atoms with E-state index in [4.69, 9.17) is 0 Å². The summed E-state index contributed by atoms with van der Waals surface area (Å²) < 4.78 is 0. The molecule has 0 aromatic carbocycles. The van der Waals surface area contributed by atoms with Crippen LogP contribution in [0, 0.1) is 11.8 Å². The third-order valence-corrected chi connectivity index (χ3v) is 3.69. The van der Waals surface area contributed by atoms with E-state index in [2.05, 4.69) is 0 Å². The maximum Gasteiger partial charge on any atom is 0.256 e. The van der Waals surface area contributed by atoms with Gasteiger partial charge in [0.25, 0.3) is 23.6 Å². The van der Waals surface area contributed by atoms with Crippen molar-refractivity contribution >= 4 is 23.6 Å². The molecule has 0 saturated heterocycles. The Kier molecular flexibility index (Phi) is 6.63. The van der Waals surface area contributed by atoms with Gasteiger partial charge in [0.05, 0.1) is 0 Å². The molecule has 132 valence electrons. The Balaban J connectivity index is 0.000000243. The standard InChI is InChI=1S/C10H15NO2.C8H11NO2/c1-6(2)5-11-9(12)7(3)8(4)10(11)13;1-6(2)5-9-7(10)3-4-8(9)11/h6H,5H2,1-4H3;3-4,6H,5H2,1-2H3. The Morgan fingerprint density at radius 1 is 0.708 bits per heavy atom. The minimum atomic E-state index is -0.191. The molecule has 0 saturated carbocycles. The molecule has 0 radical (unpaired) electrons. The van der Waals surface area contributed by atoms with E-state index in [0.717, 1.165) is 0 Å². The second-order valence-corrected chi connectivity index (χ2v) is 6.88. The number of amides is 4. The van der Waals surface area contributed by atoms with Crippen molar-refractivity contribution in [3.63, 3.8) is 0 Å². The van der Waals surface area contributed by atoms with Crippen LogP contribution in [0.3, 0.4) is 0 Å². The zero-order valence-corrected chi connectivity index (χ0v) is 15.3. The highest BCUT2D eigenvalue weighted by molar-refractivity contribution is 6.18. The van der Waals surface area contributed by atoms with E-state index in [9.17, 15) is 19.2 Å². The molecule has 0 unspecified atom stereocenters. The highest BCUT2D eigenvalue weighted by Gasteiger charge is 2.33. The maximum atomic E-state index is 11.5. The first-order valence-electron chi connectivity index (χ1n) is 8.13. The van der Waals surface area contributed by atoms with Crippen LogP contribution in [-0.2, 0) is 19.2 Å². The number of rotatable bonds is 4. The van der Waals surface area contributed by atoms with Gasteiger partial charge in [-0.3, -0.25) is 29.0 Å². The van der Waals surface area contributed by atoms with Crippen LogP contribution < -0.4 is 0 Å². The largest absolute Gasteiger partial charge is 0.275 e. The molecule has 0 bridgehead atoms. The summed E-state index contributed by atoms with van der Waals surface area (Å²) in [6, 6.07) is 0. The average Bonchev–Trinajstić information content (AvgIpc) is 2.89. The number of hydrogen-bond acceptors (Lipinski definition) is 4. The Morgan fingerprint density at radius 2 is 1.04 bits per heavy atom. The van der Waals surface area contributed by atoms with Crippen molar-refractivity contribution in [2.24, 2.45) is 11.8 Å². The normalized spacial score (nSPS) is 17.7. The number of carbonyl (C=O) groups is 4. The molecule has 0 spiro atoms. The molecule has 2 rings (SSSR count). The molecular weight excluding hydrogens is 308 g/mol. The van der Waals surface area contributed by atoms with Gasteiger partial charge in [-0.05, 0) is 25.7 Å². The number of carbonyl (C=O) groups excluding carboxylic acids is 4. The summed E-state index contributed by atoms with van der Waals surface area (Å²) in [5.41, 5.74) is 1.18. The molecule has 24 heavy (non-hydrogen) atoms. The molecule has 0 aromatic rings. The summed E-state index contributed by atoms with van der Waals surface area (Å²) >= 11 is 0. The van der Waals surface area contributed by atoms with Crippen molar-refractivity contribution in [3.05, 3.63) is 23.3 Å². The van der Waals surface area contributed by atoms with E-state index in [0.29, 0.717) is 36.1 Å². The molecular formula is C18H26N2O4. The predicted molar refractivity (Wildman–Crippen MR) is 90.6 cm³/mol. The predicted octanol–water partition coefficient (Wildman–Crippen LogP) is 1.91. The molecule has 6 nitrogen and oxygen atoms in total. The van der Waals surface area contributed by atoms with Gasteiger partial charge < -0.3 is 0 Å². The van der Waals surface area contributed by atoms with Crippen LogP contribution in [0.1, 0.15) is 41.5 Å². The van der Waals surface area contributed by atoms with E-state index in [1.807, 2.05) is 27.7 Å². The van der Waals surface area contributed by atoms with Crippen LogP contribution in [0.25, 0.3) is 0 Å². The molecule has 2 aliphatic heterocycles. The molecule has 6 heteroatoms. The number of hydrogen-bond donors (Lipinski definition) is 0. The van der Waals surface area contributed by atoms with E-state index < -0.39 is 0 Å². The van der Waals surface area contributed by atoms with Gasteiger partial charge in [0.1, 0.15) is 0 Å². The summed E-state index contributed by atoms with van der Waals surface area (Å²) in [7, 11) is 0. The van der Waals surface area contributed by atoms with E-state index in [1.165, 1.54) is 22.0 Å². The SMILES string of the molecule is CC(C)CN1C(=O)C=CC1=O.CC1=C(C)C(=O)N(CC(C)C)C1=O. The lowest BCUT2D eigenvalue weighted by atomic mass is 10.2. The van der Waals surface area contributed by atoms with Crippen LogP contribution >= 0.6 is 0 Å². The van der Waals surface area contributed by atoms with Crippen LogP contribution in [0.4, 0.5) is 0 Å². The van der Waals surface area contributed by atoms with Gasteiger partial charge in [0.15, 0.2) is 0 Å². The third-order valence-electron chi connectivity index (χ3n) is 3.69. The molecule has 0 atom stereocenters. The summed E-state index contributed by atoms with van der Waals surface area (Å²) in [6.07, 6.45) is 2.62. The summed E-state index contributed by atoms with van der Waals surface area (Å²) in [5, 5.41) is 0. The summed E-state index contributed by atoms with van der Waals surface area (Å²) in [5.74, 6) is 0.0224. The van der Waals surface area contributed by atoms with Crippen molar-refractivity contribution < 1.29 is 19.2 Å². The molecule has 0 fully saturated rings. The molecule has 0 aromatic heterocycles. The van der Waals surface area contributed by atoms with Gasteiger partial charge in [-0.1, -0.05) is 27.7 Å². The van der Waals surface area contributed by atoms with Gasteiger partial charge in [-0.15, -0.1) is 0 Å². The average molecular weight is 334 g/mol. The molecule has 0 aliphatic carbocycles.